The molecular formula is C19H20Cl2FNO3. The van der Waals surface area contributed by atoms with Gasteiger partial charge >= 0.3 is 6.09 Å². The van der Waals surface area contributed by atoms with Crippen molar-refractivity contribution in [2.24, 2.45) is 0 Å². The molecule has 0 spiro atoms. The SMILES string of the molecule is CC(C)(C)OC(=O)NC(c1ccc(Cl)cc1)C(O)c1cc(F)cc(Cl)c1. The third kappa shape index (κ3) is 5.87. The summed E-state index contributed by atoms with van der Waals surface area (Å²) in [6.07, 6.45) is -1.96. The van der Waals surface area contributed by atoms with Gasteiger partial charge in [0.25, 0.3) is 0 Å². The minimum atomic E-state index is -1.25. The van der Waals surface area contributed by atoms with Gasteiger partial charge < -0.3 is 15.2 Å². The number of alkyl carbamates (subject to hydrolysis) is 1. The highest BCUT2D eigenvalue weighted by molar-refractivity contribution is 6.30. The number of amides is 1. The Labute approximate surface area is 161 Å². The van der Waals surface area contributed by atoms with Gasteiger partial charge in [-0.1, -0.05) is 35.3 Å². The molecule has 2 atom stereocenters. The average molecular weight is 400 g/mol. The number of ether oxygens (including phenoxy) is 1. The molecule has 2 unspecified atom stereocenters. The summed E-state index contributed by atoms with van der Waals surface area (Å²) in [6.45, 7) is 5.19. The van der Waals surface area contributed by atoms with Gasteiger partial charge in [0.2, 0.25) is 0 Å². The van der Waals surface area contributed by atoms with Gasteiger partial charge in [0.05, 0.1) is 6.04 Å². The van der Waals surface area contributed by atoms with Gasteiger partial charge in [0, 0.05) is 10.0 Å². The van der Waals surface area contributed by atoms with Crippen molar-refractivity contribution in [2.75, 3.05) is 0 Å². The van der Waals surface area contributed by atoms with Gasteiger partial charge in [-0.15, -0.1) is 0 Å². The van der Waals surface area contributed by atoms with E-state index in [1.54, 1.807) is 45.0 Å². The zero-order chi connectivity index (χ0) is 19.5. The van der Waals surface area contributed by atoms with E-state index < -0.39 is 29.7 Å². The summed E-state index contributed by atoms with van der Waals surface area (Å²) >= 11 is 11.8. The molecule has 0 saturated carbocycles. The Hall–Kier alpha value is -1.82. The van der Waals surface area contributed by atoms with Gasteiger partial charge in [0.15, 0.2) is 0 Å². The number of aliphatic hydroxyl groups excluding tert-OH is 1. The highest BCUT2D eigenvalue weighted by Gasteiger charge is 2.27. The number of carbonyl (C=O) groups is 1. The van der Waals surface area contributed by atoms with Gasteiger partial charge in [0.1, 0.15) is 17.5 Å². The van der Waals surface area contributed by atoms with Crippen LogP contribution in [0.3, 0.4) is 0 Å². The fourth-order valence-corrected chi connectivity index (χ4v) is 2.74. The van der Waals surface area contributed by atoms with E-state index in [-0.39, 0.29) is 10.6 Å². The molecule has 2 aromatic rings. The highest BCUT2D eigenvalue weighted by Crippen LogP contribution is 2.31. The van der Waals surface area contributed by atoms with E-state index in [1.165, 1.54) is 6.07 Å². The summed E-state index contributed by atoms with van der Waals surface area (Å²) in [5.74, 6) is -0.585. The number of hydrogen-bond donors (Lipinski definition) is 2. The zero-order valence-electron chi connectivity index (χ0n) is 14.6. The molecule has 0 aromatic heterocycles. The van der Waals surface area contributed by atoms with Gasteiger partial charge in [-0.25, -0.2) is 9.18 Å². The standard InChI is InChI=1S/C19H20Cl2FNO3/c1-19(2,3)26-18(25)23-16(11-4-6-13(20)7-5-11)17(24)12-8-14(21)10-15(22)9-12/h4-10,16-17,24H,1-3H3,(H,23,25). The smallest absolute Gasteiger partial charge is 0.408 e. The summed E-state index contributed by atoms with van der Waals surface area (Å²) in [4.78, 5) is 12.2. The molecule has 0 bridgehead atoms. The minimum absolute atomic E-state index is 0.145. The predicted molar refractivity (Wildman–Crippen MR) is 99.9 cm³/mol. The van der Waals surface area contributed by atoms with Crippen molar-refractivity contribution in [3.8, 4) is 0 Å². The molecule has 0 aliphatic rings. The number of hydrogen-bond acceptors (Lipinski definition) is 3. The Morgan fingerprint density at radius 1 is 1.08 bits per heavy atom. The summed E-state index contributed by atoms with van der Waals surface area (Å²) < 4.78 is 18.9. The molecule has 26 heavy (non-hydrogen) atoms. The van der Waals surface area contributed by atoms with Gasteiger partial charge in [-0.2, -0.15) is 0 Å². The number of benzene rings is 2. The molecule has 7 heteroatoms. The second-order valence-electron chi connectivity index (χ2n) is 6.82. The van der Waals surface area contributed by atoms with E-state index in [9.17, 15) is 14.3 Å². The highest BCUT2D eigenvalue weighted by atomic mass is 35.5. The van der Waals surface area contributed by atoms with E-state index in [0.29, 0.717) is 10.6 Å². The van der Waals surface area contributed by atoms with E-state index in [4.69, 9.17) is 27.9 Å². The largest absolute Gasteiger partial charge is 0.444 e. The first kappa shape index (κ1) is 20.5. The Morgan fingerprint density at radius 3 is 2.23 bits per heavy atom. The van der Waals surface area contributed by atoms with Gasteiger partial charge in [-0.05, 0) is 62.2 Å². The lowest BCUT2D eigenvalue weighted by molar-refractivity contribution is 0.0419. The Bertz CT molecular complexity index is 755. The van der Waals surface area contributed by atoms with Crippen LogP contribution in [-0.4, -0.2) is 16.8 Å². The summed E-state index contributed by atoms with van der Waals surface area (Å²) in [7, 11) is 0. The zero-order valence-corrected chi connectivity index (χ0v) is 16.1. The predicted octanol–water partition coefficient (Wildman–Crippen LogP) is 5.43. The average Bonchev–Trinajstić information content (AvgIpc) is 2.50. The van der Waals surface area contributed by atoms with Crippen LogP contribution in [0.5, 0.6) is 0 Å². The number of aliphatic hydroxyl groups is 1. The first-order valence-corrected chi connectivity index (χ1v) is 8.70. The molecule has 0 aliphatic carbocycles. The van der Waals surface area contributed by atoms with Crippen molar-refractivity contribution >= 4 is 29.3 Å². The van der Waals surface area contributed by atoms with Crippen LogP contribution in [0.4, 0.5) is 9.18 Å². The van der Waals surface area contributed by atoms with Crippen LogP contribution in [0.2, 0.25) is 10.0 Å². The molecule has 4 nitrogen and oxygen atoms in total. The maximum Gasteiger partial charge on any atom is 0.408 e. The molecular weight excluding hydrogens is 380 g/mol. The normalized spacial score (nSPS) is 13.8. The Kier molecular flexibility index (Phi) is 6.50. The summed E-state index contributed by atoms with van der Waals surface area (Å²) in [6, 6.07) is 9.43. The van der Waals surface area contributed by atoms with Crippen molar-refractivity contribution in [2.45, 2.75) is 38.5 Å². The lowest BCUT2D eigenvalue weighted by Crippen LogP contribution is -2.37. The first-order valence-electron chi connectivity index (χ1n) is 7.94. The molecule has 2 rings (SSSR count). The lowest BCUT2D eigenvalue weighted by atomic mass is 9.96. The van der Waals surface area contributed by atoms with E-state index in [2.05, 4.69) is 5.32 Å². The van der Waals surface area contributed by atoms with Crippen molar-refractivity contribution in [3.63, 3.8) is 0 Å². The lowest BCUT2D eigenvalue weighted by Gasteiger charge is -2.27. The number of carbonyl (C=O) groups excluding carboxylic acids is 1. The maximum absolute atomic E-state index is 13.7. The fourth-order valence-electron chi connectivity index (χ4n) is 2.39. The Morgan fingerprint density at radius 2 is 1.69 bits per heavy atom. The topological polar surface area (TPSA) is 58.6 Å². The molecule has 2 N–H and O–H groups in total. The molecule has 140 valence electrons. The van der Waals surface area contributed by atoms with Crippen LogP contribution in [0.25, 0.3) is 0 Å². The Balaban J connectivity index is 2.35. The van der Waals surface area contributed by atoms with E-state index >= 15 is 0 Å². The molecule has 0 fully saturated rings. The van der Waals surface area contributed by atoms with Gasteiger partial charge in [-0.3, -0.25) is 0 Å². The van der Waals surface area contributed by atoms with Crippen LogP contribution >= 0.6 is 23.2 Å². The molecule has 1 amide bonds. The van der Waals surface area contributed by atoms with Crippen LogP contribution < -0.4 is 5.32 Å². The molecule has 0 heterocycles. The number of rotatable bonds is 4. The van der Waals surface area contributed by atoms with Crippen molar-refractivity contribution < 1.29 is 19.0 Å². The molecule has 0 radical (unpaired) electrons. The number of halogens is 3. The second kappa shape index (κ2) is 8.25. The van der Waals surface area contributed by atoms with Crippen LogP contribution in [0.1, 0.15) is 44.0 Å². The molecule has 2 aromatic carbocycles. The van der Waals surface area contributed by atoms with Crippen LogP contribution in [0.15, 0.2) is 42.5 Å². The van der Waals surface area contributed by atoms with E-state index in [0.717, 1.165) is 12.1 Å². The second-order valence-corrected chi connectivity index (χ2v) is 7.70. The van der Waals surface area contributed by atoms with Crippen molar-refractivity contribution in [1.29, 1.82) is 0 Å². The summed E-state index contributed by atoms with van der Waals surface area (Å²) in [5.41, 5.74) is 0.0982. The van der Waals surface area contributed by atoms with Crippen molar-refractivity contribution in [1.82, 2.24) is 5.32 Å². The molecule has 0 saturated heterocycles. The van der Waals surface area contributed by atoms with Crippen LogP contribution in [-0.2, 0) is 4.74 Å². The van der Waals surface area contributed by atoms with Crippen LogP contribution in [0, 0.1) is 5.82 Å². The van der Waals surface area contributed by atoms with Crippen molar-refractivity contribution in [3.05, 3.63) is 69.5 Å². The fraction of sp³-hybridized carbons (Fsp3) is 0.316. The van der Waals surface area contributed by atoms with E-state index in [1.807, 2.05) is 0 Å². The first-order chi connectivity index (χ1) is 12.0. The summed E-state index contributed by atoms with van der Waals surface area (Å²) in [5, 5.41) is 14.0. The third-order valence-electron chi connectivity index (χ3n) is 3.44. The third-order valence-corrected chi connectivity index (χ3v) is 3.91. The number of nitrogens with one attached hydrogen (secondary N) is 1. The maximum atomic E-state index is 13.7. The molecule has 0 aliphatic heterocycles. The minimum Gasteiger partial charge on any atom is -0.444 e. The monoisotopic (exact) mass is 399 g/mol. The quantitative estimate of drug-likeness (QED) is 0.720.